The molecule has 0 aliphatic heterocycles. The Morgan fingerprint density at radius 2 is 1.92 bits per heavy atom. The summed E-state index contributed by atoms with van der Waals surface area (Å²) >= 11 is 0. The van der Waals surface area contributed by atoms with Crippen molar-refractivity contribution in [2.45, 2.75) is 26.8 Å². The number of nitrogens with zero attached hydrogens (tertiary/aromatic N) is 1. The summed E-state index contributed by atoms with van der Waals surface area (Å²) in [6, 6.07) is 5.42. The van der Waals surface area contributed by atoms with Gasteiger partial charge in [-0.2, -0.15) is 0 Å². The molecule has 5 nitrogen and oxygen atoms in total. The second kappa shape index (κ2) is 9.55. The molecule has 0 aliphatic rings. The normalized spacial score (nSPS) is 11.3. The van der Waals surface area contributed by atoms with Gasteiger partial charge in [0.05, 0.1) is 12.6 Å². The van der Waals surface area contributed by atoms with Gasteiger partial charge in [-0.25, -0.2) is 0 Å². The predicted molar refractivity (Wildman–Crippen MR) is 95.9 cm³/mol. The number of rotatable bonds is 8. The van der Waals surface area contributed by atoms with Crippen molar-refractivity contribution in [1.82, 2.24) is 10.2 Å². The largest absolute Gasteiger partial charge is 0.494 e. The Bertz CT molecular complexity index is 601. The molecule has 130 valence electrons. The molecule has 0 fully saturated rings. The van der Waals surface area contributed by atoms with Crippen LogP contribution in [0.1, 0.15) is 31.0 Å². The molecular weight excluding hydrogens is 304 g/mol. The van der Waals surface area contributed by atoms with Crippen molar-refractivity contribution >= 4 is 11.8 Å². The van der Waals surface area contributed by atoms with E-state index in [1.807, 2.05) is 39.0 Å². The predicted octanol–water partition coefficient (Wildman–Crippen LogP) is 2.77. The van der Waals surface area contributed by atoms with E-state index in [1.165, 1.54) is 4.90 Å². The standard InChI is InChI=1S/C19H26N2O3/c1-6-11-21(12-7-2)19(23)18(22)20-15(5)16-13-14(4)9-10-17(16)24-8-3/h6-7,9-10,13,15H,1-2,8,11-12H2,3-5H3,(H,20,22). The van der Waals surface area contributed by atoms with Crippen LogP contribution >= 0.6 is 0 Å². The smallest absolute Gasteiger partial charge is 0.312 e. The summed E-state index contributed by atoms with van der Waals surface area (Å²) < 4.78 is 5.61. The van der Waals surface area contributed by atoms with Crippen molar-refractivity contribution < 1.29 is 14.3 Å². The van der Waals surface area contributed by atoms with Crippen LogP contribution < -0.4 is 10.1 Å². The lowest BCUT2D eigenvalue weighted by molar-refractivity contribution is -0.145. The highest BCUT2D eigenvalue weighted by Gasteiger charge is 2.23. The molecule has 1 N–H and O–H groups in total. The summed E-state index contributed by atoms with van der Waals surface area (Å²) in [5, 5.41) is 2.74. The van der Waals surface area contributed by atoms with Gasteiger partial charge >= 0.3 is 11.8 Å². The van der Waals surface area contributed by atoms with Crippen LogP contribution in [0.3, 0.4) is 0 Å². The highest BCUT2D eigenvalue weighted by molar-refractivity contribution is 6.35. The number of hydrogen-bond acceptors (Lipinski definition) is 3. The van der Waals surface area contributed by atoms with E-state index in [0.29, 0.717) is 25.4 Å². The summed E-state index contributed by atoms with van der Waals surface area (Å²) in [6.45, 7) is 14.0. The Kier molecular flexibility index (Phi) is 7.75. The van der Waals surface area contributed by atoms with Gasteiger partial charge in [-0.05, 0) is 26.8 Å². The van der Waals surface area contributed by atoms with E-state index >= 15 is 0 Å². The van der Waals surface area contributed by atoms with Crippen LogP contribution in [-0.4, -0.2) is 36.4 Å². The van der Waals surface area contributed by atoms with Gasteiger partial charge in [0.15, 0.2) is 0 Å². The Balaban J connectivity index is 2.89. The van der Waals surface area contributed by atoms with Gasteiger partial charge in [0.1, 0.15) is 5.75 Å². The molecule has 0 aliphatic carbocycles. The first-order chi connectivity index (χ1) is 11.4. The van der Waals surface area contributed by atoms with Gasteiger partial charge in [0, 0.05) is 18.7 Å². The lowest BCUT2D eigenvalue weighted by Crippen LogP contribution is -2.44. The van der Waals surface area contributed by atoms with Crippen LogP contribution in [0.15, 0.2) is 43.5 Å². The lowest BCUT2D eigenvalue weighted by atomic mass is 10.0. The van der Waals surface area contributed by atoms with Crippen molar-refractivity contribution in [3.8, 4) is 5.75 Å². The molecule has 0 aromatic heterocycles. The SMILES string of the molecule is C=CCN(CC=C)C(=O)C(=O)NC(C)c1cc(C)ccc1OCC. The van der Waals surface area contributed by atoms with Gasteiger partial charge < -0.3 is 15.0 Å². The van der Waals surface area contributed by atoms with Gasteiger partial charge in [0.25, 0.3) is 0 Å². The highest BCUT2D eigenvalue weighted by Crippen LogP contribution is 2.26. The van der Waals surface area contributed by atoms with E-state index in [-0.39, 0.29) is 6.04 Å². The van der Waals surface area contributed by atoms with Crippen LogP contribution in [0.4, 0.5) is 0 Å². The molecular formula is C19H26N2O3. The van der Waals surface area contributed by atoms with E-state index in [4.69, 9.17) is 4.74 Å². The maximum absolute atomic E-state index is 12.3. The minimum absolute atomic E-state index is 0.293. The Labute approximate surface area is 144 Å². The average molecular weight is 330 g/mol. The minimum Gasteiger partial charge on any atom is -0.494 e. The highest BCUT2D eigenvalue weighted by atomic mass is 16.5. The molecule has 1 unspecified atom stereocenters. The second-order valence-corrected chi connectivity index (χ2v) is 5.46. The first-order valence-corrected chi connectivity index (χ1v) is 7.99. The quantitative estimate of drug-likeness (QED) is 0.589. The maximum atomic E-state index is 12.3. The second-order valence-electron chi connectivity index (χ2n) is 5.46. The van der Waals surface area contributed by atoms with Gasteiger partial charge in [-0.3, -0.25) is 9.59 Å². The van der Waals surface area contributed by atoms with Crippen molar-refractivity contribution in [2.75, 3.05) is 19.7 Å². The molecule has 5 heteroatoms. The Hall–Kier alpha value is -2.56. The third-order valence-corrected chi connectivity index (χ3v) is 3.46. The van der Waals surface area contributed by atoms with E-state index < -0.39 is 11.8 Å². The Morgan fingerprint density at radius 1 is 1.29 bits per heavy atom. The van der Waals surface area contributed by atoms with Crippen molar-refractivity contribution in [2.24, 2.45) is 0 Å². The van der Waals surface area contributed by atoms with E-state index in [2.05, 4.69) is 18.5 Å². The fraction of sp³-hybridized carbons (Fsp3) is 0.368. The van der Waals surface area contributed by atoms with Gasteiger partial charge in [-0.15, -0.1) is 13.2 Å². The zero-order valence-electron chi connectivity index (χ0n) is 14.7. The first kappa shape index (κ1) is 19.5. The van der Waals surface area contributed by atoms with Gasteiger partial charge in [-0.1, -0.05) is 29.8 Å². The van der Waals surface area contributed by atoms with Crippen LogP contribution in [-0.2, 0) is 9.59 Å². The molecule has 2 amide bonds. The molecule has 1 atom stereocenters. The van der Waals surface area contributed by atoms with Crippen LogP contribution in [0.2, 0.25) is 0 Å². The first-order valence-electron chi connectivity index (χ1n) is 7.99. The zero-order valence-corrected chi connectivity index (χ0v) is 14.7. The monoisotopic (exact) mass is 330 g/mol. The molecule has 0 saturated carbocycles. The topological polar surface area (TPSA) is 58.6 Å². The third kappa shape index (κ3) is 5.26. The number of hydrogen-bond donors (Lipinski definition) is 1. The number of ether oxygens (including phenoxy) is 1. The van der Waals surface area contributed by atoms with Crippen LogP contribution in [0.5, 0.6) is 5.75 Å². The molecule has 1 aromatic rings. The van der Waals surface area contributed by atoms with Crippen molar-refractivity contribution in [1.29, 1.82) is 0 Å². The molecule has 1 rings (SSSR count). The zero-order chi connectivity index (χ0) is 18.1. The molecule has 1 aromatic carbocycles. The number of benzene rings is 1. The van der Waals surface area contributed by atoms with E-state index in [0.717, 1.165) is 11.1 Å². The summed E-state index contributed by atoms with van der Waals surface area (Å²) in [4.78, 5) is 25.9. The maximum Gasteiger partial charge on any atom is 0.312 e. The number of nitrogens with one attached hydrogen (secondary N) is 1. The molecule has 0 spiro atoms. The number of amides is 2. The fourth-order valence-electron chi connectivity index (χ4n) is 2.32. The molecule has 24 heavy (non-hydrogen) atoms. The van der Waals surface area contributed by atoms with Crippen molar-refractivity contribution in [3.05, 3.63) is 54.6 Å². The molecule has 0 bridgehead atoms. The number of aryl methyl sites for hydroxylation is 1. The third-order valence-electron chi connectivity index (χ3n) is 3.46. The Morgan fingerprint density at radius 3 is 2.46 bits per heavy atom. The van der Waals surface area contributed by atoms with E-state index in [9.17, 15) is 9.59 Å². The summed E-state index contributed by atoms with van der Waals surface area (Å²) in [7, 11) is 0. The number of carbonyl (C=O) groups is 2. The molecule has 0 saturated heterocycles. The molecule has 0 heterocycles. The summed E-state index contributed by atoms with van der Waals surface area (Å²) in [5.41, 5.74) is 1.90. The average Bonchev–Trinajstić information content (AvgIpc) is 2.55. The van der Waals surface area contributed by atoms with Crippen LogP contribution in [0, 0.1) is 6.92 Å². The minimum atomic E-state index is -0.657. The van der Waals surface area contributed by atoms with Crippen LogP contribution in [0.25, 0.3) is 0 Å². The molecule has 0 radical (unpaired) electrons. The number of carbonyl (C=O) groups excluding carboxylic acids is 2. The van der Waals surface area contributed by atoms with Gasteiger partial charge in [0.2, 0.25) is 0 Å². The summed E-state index contributed by atoms with van der Waals surface area (Å²) in [6.07, 6.45) is 3.15. The van der Waals surface area contributed by atoms with Crippen molar-refractivity contribution in [3.63, 3.8) is 0 Å². The lowest BCUT2D eigenvalue weighted by Gasteiger charge is -2.22. The van der Waals surface area contributed by atoms with E-state index in [1.54, 1.807) is 12.2 Å². The summed E-state index contributed by atoms with van der Waals surface area (Å²) in [5.74, 6) is -0.556. The fourth-order valence-corrected chi connectivity index (χ4v) is 2.32.